The van der Waals surface area contributed by atoms with Crippen molar-refractivity contribution in [2.75, 3.05) is 0 Å². The molecule has 4 aromatic carbocycles. The third kappa shape index (κ3) is 4.25. The maximum atomic E-state index is 4.92. The van der Waals surface area contributed by atoms with Crippen LogP contribution in [0, 0.1) is 0 Å². The van der Waals surface area contributed by atoms with Crippen molar-refractivity contribution in [1.82, 2.24) is 29.9 Å². The van der Waals surface area contributed by atoms with Crippen LogP contribution in [0.1, 0.15) is 0 Å². The van der Waals surface area contributed by atoms with Crippen molar-refractivity contribution in [3.63, 3.8) is 0 Å². The van der Waals surface area contributed by atoms with Gasteiger partial charge in [-0.3, -0.25) is 9.97 Å². The molecule has 4 aromatic heterocycles. The zero-order valence-electron chi connectivity index (χ0n) is 22.0. The van der Waals surface area contributed by atoms with Crippen LogP contribution in [0.4, 0.5) is 0 Å². The molecule has 0 atom stereocenters. The summed E-state index contributed by atoms with van der Waals surface area (Å²) in [5, 5.41) is 9.90. The summed E-state index contributed by atoms with van der Waals surface area (Å²) >= 11 is 3.10. The van der Waals surface area contributed by atoms with Gasteiger partial charge in [-0.1, -0.05) is 66.7 Å². The second-order valence-corrected chi connectivity index (χ2v) is 11.5. The molecule has 0 aliphatic rings. The van der Waals surface area contributed by atoms with Gasteiger partial charge < -0.3 is 0 Å². The number of hydrogen-bond donors (Lipinski definition) is 0. The first-order valence-electron chi connectivity index (χ1n) is 13.3. The lowest BCUT2D eigenvalue weighted by Crippen LogP contribution is -1.96. The van der Waals surface area contributed by atoms with Crippen molar-refractivity contribution in [3.8, 4) is 55.0 Å². The molecule has 0 aliphatic carbocycles. The van der Waals surface area contributed by atoms with Crippen LogP contribution in [0.5, 0.6) is 0 Å². The maximum Gasteiger partial charge on any atom is 0.143 e. The maximum absolute atomic E-state index is 4.92. The SMILES string of the molecule is c1ccc(-c2ccc3c(-c4cnc(-c5nccs5)cn4)c4ccccc4c(-c4cnc(-c5nccs5)cn4)c3c2)cc1. The summed E-state index contributed by atoms with van der Waals surface area (Å²) < 4.78 is 0. The standard InChI is InChI=1S/C34H20N6S2/c1-2-6-21(7-3-1)22-10-11-25-26(16-22)32(28-18-40-30(20-38-28)34-36-13-15-42-34)24-9-5-4-8-23(24)31(25)27-17-39-29(19-37-27)33-35-12-14-41-33/h1-20H. The van der Waals surface area contributed by atoms with Crippen LogP contribution in [-0.2, 0) is 0 Å². The number of fused-ring (bicyclic) bond motifs is 2. The van der Waals surface area contributed by atoms with E-state index in [0.717, 1.165) is 76.6 Å². The van der Waals surface area contributed by atoms with Crippen LogP contribution in [-0.4, -0.2) is 29.9 Å². The molecule has 8 heteroatoms. The minimum Gasteiger partial charge on any atom is -0.252 e. The fourth-order valence-corrected chi connectivity index (χ4v) is 6.57. The normalized spacial score (nSPS) is 11.3. The highest BCUT2D eigenvalue weighted by molar-refractivity contribution is 7.13. The molecule has 0 N–H and O–H groups in total. The van der Waals surface area contributed by atoms with E-state index in [2.05, 4.69) is 76.7 Å². The Morgan fingerprint density at radius 1 is 0.405 bits per heavy atom. The highest BCUT2D eigenvalue weighted by atomic mass is 32.1. The average Bonchev–Trinajstić information content (AvgIpc) is 3.80. The molecule has 42 heavy (non-hydrogen) atoms. The monoisotopic (exact) mass is 576 g/mol. The molecule has 0 radical (unpaired) electrons. The Balaban J connectivity index is 1.40. The van der Waals surface area contributed by atoms with Crippen LogP contribution in [0.15, 0.2) is 121 Å². The molecule has 0 saturated heterocycles. The lowest BCUT2D eigenvalue weighted by Gasteiger charge is -2.17. The van der Waals surface area contributed by atoms with Crippen molar-refractivity contribution in [2.45, 2.75) is 0 Å². The molecule has 6 nitrogen and oxygen atoms in total. The van der Waals surface area contributed by atoms with E-state index in [1.54, 1.807) is 35.1 Å². The van der Waals surface area contributed by atoms with Gasteiger partial charge in [-0.05, 0) is 38.7 Å². The fraction of sp³-hybridized carbons (Fsp3) is 0. The van der Waals surface area contributed by atoms with E-state index in [1.807, 2.05) is 41.6 Å². The summed E-state index contributed by atoms with van der Waals surface area (Å²) in [6.07, 6.45) is 10.9. The van der Waals surface area contributed by atoms with Crippen molar-refractivity contribution in [3.05, 3.63) is 121 Å². The Bertz CT molecular complexity index is 2160. The Kier molecular flexibility index (Phi) is 6.05. The molecule has 0 bridgehead atoms. The molecule has 198 valence electrons. The van der Waals surface area contributed by atoms with Crippen molar-refractivity contribution < 1.29 is 0 Å². The van der Waals surface area contributed by atoms with E-state index in [-0.39, 0.29) is 0 Å². The van der Waals surface area contributed by atoms with E-state index in [1.165, 1.54) is 0 Å². The minimum absolute atomic E-state index is 0.763. The summed E-state index contributed by atoms with van der Waals surface area (Å²) in [5.74, 6) is 0. The summed E-state index contributed by atoms with van der Waals surface area (Å²) in [6.45, 7) is 0. The largest absolute Gasteiger partial charge is 0.252 e. The third-order valence-electron chi connectivity index (χ3n) is 7.25. The summed E-state index contributed by atoms with van der Waals surface area (Å²) in [7, 11) is 0. The predicted octanol–water partition coefficient (Wildman–Crippen LogP) is 8.82. The zero-order valence-corrected chi connectivity index (χ0v) is 23.7. The lowest BCUT2D eigenvalue weighted by atomic mass is 9.87. The lowest BCUT2D eigenvalue weighted by molar-refractivity contribution is 1.20. The molecular weight excluding hydrogens is 557 g/mol. The number of nitrogens with zero attached hydrogens (tertiary/aromatic N) is 6. The summed E-state index contributed by atoms with van der Waals surface area (Å²) in [5.41, 5.74) is 7.49. The number of aromatic nitrogens is 6. The van der Waals surface area contributed by atoms with Gasteiger partial charge in [0.1, 0.15) is 21.4 Å². The van der Waals surface area contributed by atoms with E-state index >= 15 is 0 Å². The minimum atomic E-state index is 0.763. The van der Waals surface area contributed by atoms with Crippen molar-refractivity contribution >= 4 is 44.2 Å². The number of thiazole rings is 2. The molecule has 0 spiro atoms. The Hall–Kier alpha value is -5.18. The highest BCUT2D eigenvalue weighted by Crippen LogP contribution is 2.44. The van der Waals surface area contributed by atoms with Crippen molar-refractivity contribution in [1.29, 1.82) is 0 Å². The van der Waals surface area contributed by atoms with Gasteiger partial charge >= 0.3 is 0 Å². The van der Waals surface area contributed by atoms with Gasteiger partial charge in [0.2, 0.25) is 0 Å². The van der Waals surface area contributed by atoms with Crippen molar-refractivity contribution in [2.24, 2.45) is 0 Å². The Morgan fingerprint density at radius 2 is 0.905 bits per heavy atom. The molecule has 0 amide bonds. The number of hydrogen-bond acceptors (Lipinski definition) is 8. The Labute approximate surface area is 249 Å². The van der Waals surface area contributed by atoms with Gasteiger partial charge in [-0.2, -0.15) is 0 Å². The quantitative estimate of drug-likeness (QED) is 0.191. The molecular formula is C34H20N6S2. The summed E-state index contributed by atoms with van der Waals surface area (Å²) in [6, 6.07) is 25.5. The Morgan fingerprint density at radius 3 is 1.43 bits per heavy atom. The van der Waals surface area contributed by atoms with Crippen LogP contribution in [0.3, 0.4) is 0 Å². The molecule has 0 saturated carbocycles. The van der Waals surface area contributed by atoms with E-state index < -0.39 is 0 Å². The van der Waals surface area contributed by atoms with E-state index in [0.29, 0.717) is 0 Å². The first-order chi connectivity index (χ1) is 20.8. The van der Waals surface area contributed by atoms with Crippen LogP contribution < -0.4 is 0 Å². The average molecular weight is 577 g/mol. The molecule has 0 aliphatic heterocycles. The predicted molar refractivity (Wildman–Crippen MR) is 171 cm³/mol. The van der Waals surface area contributed by atoms with Gasteiger partial charge in [0, 0.05) is 34.3 Å². The van der Waals surface area contributed by atoms with Gasteiger partial charge in [0.05, 0.1) is 36.2 Å². The topological polar surface area (TPSA) is 77.3 Å². The molecule has 4 heterocycles. The first-order valence-corrected chi connectivity index (χ1v) is 15.1. The third-order valence-corrected chi connectivity index (χ3v) is 8.84. The molecule has 0 fully saturated rings. The fourth-order valence-electron chi connectivity index (χ4n) is 5.38. The van der Waals surface area contributed by atoms with Crippen LogP contribution in [0.2, 0.25) is 0 Å². The van der Waals surface area contributed by atoms with Gasteiger partial charge in [-0.15, -0.1) is 22.7 Å². The number of benzene rings is 4. The molecule has 8 rings (SSSR count). The first kappa shape index (κ1) is 24.6. The van der Waals surface area contributed by atoms with Gasteiger partial charge in [-0.25, -0.2) is 19.9 Å². The second kappa shape index (κ2) is 10.3. The number of rotatable bonds is 5. The van der Waals surface area contributed by atoms with Crippen LogP contribution in [0.25, 0.3) is 76.6 Å². The molecule has 8 aromatic rings. The summed E-state index contributed by atoms with van der Waals surface area (Å²) in [4.78, 5) is 28.1. The van der Waals surface area contributed by atoms with Gasteiger partial charge in [0.15, 0.2) is 0 Å². The molecule has 0 unspecified atom stereocenters. The van der Waals surface area contributed by atoms with E-state index in [4.69, 9.17) is 19.9 Å². The highest BCUT2D eigenvalue weighted by Gasteiger charge is 2.20. The smallest absolute Gasteiger partial charge is 0.143 e. The second-order valence-electron chi connectivity index (χ2n) is 9.67. The van der Waals surface area contributed by atoms with E-state index in [9.17, 15) is 0 Å². The zero-order chi connectivity index (χ0) is 27.9. The van der Waals surface area contributed by atoms with Crippen LogP contribution >= 0.6 is 22.7 Å². The van der Waals surface area contributed by atoms with Gasteiger partial charge in [0.25, 0.3) is 0 Å².